The fourth-order valence-electron chi connectivity index (χ4n) is 3.10. The Morgan fingerprint density at radius 3 is 2.73 bits per heavy atom. The van der Waals surface area contributed by atoms with E-state index in [1.54, 1.807) is 0 Å². The van der Waals surface area contributed by atoms with E-state index < -0.39 is 0 Å². The van der Waals surface area contributed by atoms with Crippen LogP contribution in [0.25, 0.3) is 10.8 Å². The molecule has 0 heterocycles. The van der Waals surface area contributed by atoms with Crippen molar-refractivity contribution in [1.82, 2.24) is 5.32 Å². The molecule has 1 unspecified atom stereocenters. The number of unbranched alkanes of at least 4 members (excludes halogenated alkanes) is 1. The van der Waals surface area contributed by atoms with Gasteiger partial charge in [-0.25, -0.2) is 0 Å². The van der Waals surface area contributed by atoms with Gasteiger partial charge in [-0.3, -0.25) is 0 Å². The Hall–Kier alpha value is -2.83. The summed E-state index contributed by atoms with van der Waals surface area (Å²) in [6, 6.07) is 25.5. The third-order valence-electron chi connectivity index (χ3n) is 4.50. The number of benzene rings is 3. The third kappa shape index (κ3) is 4.62. The minimum Gasteiger partial charge on any atom is -0.494 e. The van der Waals surface area contributed by atoms with Crippen LogP contribution in [0.3, 0.4) is 0 Å². The molecule has 0 bridgehead atoms. The number of hydrogen-bond acceptors (Lipinski definition) is 3. The number of nitrogens with zero attached hydrogens (tertiary/aromatic N) is 1. The second-order valence-electron chi connectivity index (χ2n) is 6.43. The van der Waals surface area contributed by atoms with Crippen LogP contribution in [-0.4, -0.2) is 6.61 Å². The van der Waals surface area contributed by atoms with E-state index in [4.69, 9.17) is 10.00 Å². The molecule has 3 aromatic rings. The summed E-state index contributed by atoms with van der Waals surface area (Å²) in [7, 11) is 0. The lowest BCUT2D eigenvalue weighted by molar-refractivity contribution is 0.312. The summed E-state index contributed by atoms with van der Waals surface area (Å²) in [6.45, 7) is 3.56. The van der Waals surface area contributed by atoms with Crippen LogP contribution in [0.1, 0.15) is 36.9 Å². The Kier molecular flexibility index (Phi) is 6.24. The molecular weight excluding hydrogens is 320 g/mol. The van der Waals surface area contributed by atoms with E-state index in [0.717, 1.165) is 18.7 Å². The van der Waals surface area contributed by atoms with Gasteiger partial charge in [0, 0.05) is 19.0 Å². The van der Waals surface area contributed by atoms with Gasteiger partial charge in [0.15, 0.2) is 0 Å². The summed E-state index contributed by atoms with van der Waals surface area (Å²) < 4.78 is 5.72. The Labute approximate surface area is 155 Å². The van der Waals surface area contributed by atoms with Gasteiger partial charge in [-0.2, -0.15) is 5.26 Å². The predicted octanol–water partition coefficient (Wildman–Crippen LogP) is 5.37. The highest BCUT2D eigenvalue weighted by Crippen LogP contribution is 2.24. The van der Waals surface area contributed by atoms with Crippen LogP contribution >= 0.6 is 0 Å². The lowest BCUT2D eigenvalue weighted by atomic mass is 9.99. The summed E-state index contributed by atoms with van der Waals surface area (Å²) in [5.41, 5.74) is 2.50. The van der Waals surface area contributed by atoms with Gasteiger partial charge in [-0.15, -0.1) is 0 Å². The van der Waals surface area contributed by atoms with E-state index in [1.165, 1.54) is 21.9 Å². The van der Waals surface area contributed by atoms with Gasteiger partial charge in [0.05, 0.1) is 12.7 Å². The number of nitriles is 1. The van der Waals surface area contributed by atoms with E-state index in [2.05, 4.69) is 72.9 Å². The van der Waals surface area contributed by atoms with Crippen LogP contribution in [0.4, 0.5) is 0 Å². The van der Waals surface area contributed by atoms with E-state index in [-0.39, 0.29) is 6.04 Å². The molecular formula is C23H24N2O. The fourth-order valence-corrected chi connectivity index (χ4v) is 3.10. The van der Waals surface area contributed by atoms with E-state index in [1.807, 2.05) is 12.1 Å². The zero-order chi connectivity index (χ0) is 18.2. The molecule has 0 aliphatic carbocycles. The third-order valence-corrected chi connectivity index (χ3v) is 4.50. The number of hydrogen-bond donors (Lipinski definition) is 1. The summed E-state index contributed by atoms with van der Waals surface area (Å²) in [5, 5.41) is 14.8. The molecule has 0 fully saturated rings. The molecule has 132 valence electrons. The van der Waals surface area contributed by atoms with Crippen molar-refractivity contribution >= 4 is 10.8 Å². The van der Waals surface area contributed by atoms with Crippen LogP contribution in [0.15, 0.2) is 66.7 Å². The average Bonchev–Trinajstić information content (AvgIpc) is 2.69. The van der Waals surface area contributed by atoms with Gasteiger partial charge in [0.25, 0.3) is 0 Å². The SMILES string of the molecule is CC(NCc1cccc(OCCCC#N)c1)c1cccc2ccccc12. The maximum atomic E-state index is 8.58. The molecule has 0 aromatic heterocycles. The zero-order valence-electron chi connectivity index (χ0n) is 15.1. The first-order chi connectivity index (χ1) is 12.8. The highest BCUT2D eigenvalue weighted by molar-refractivity contribution is 5.86. The molecule has 0 saturated carbocycles. The van der Waals surface area contributed by atoms with E-state index in [9.17, 15) is 0 Å². The summed E-state index contributed by atoms with van der Waals surface area (Å²) >= 11 is 0. The van der Waals surface area contributed by atoms with Crippen molar-refractivity contribution in [1.29, 1.82) is 5.26 Å². The summed E-state index contributed by atoms with van der Waals surface area (Å²) in [4.78, 5) is 0. The standard InChI is InChI=1S/C23H24N2O/c1-18(22-13-7-10-20-9-2-3-12-23(20)22)25-17-19-8-6-11-21(16-19)26-15-5-4-14-24/h2-3,6-13,16,18,25H,4-5,15,17H2,1H3. The normalized spacial score (nSPS) is 11.8. The lowest BCUT2D eigenvalue weighted by Gasteiger charge is -2.17. The van der Waals surface area contributed by atoms with Crippen LogP contribution in [0.5, 0.6) is 5.75 Å². The Bertz CT molecular complexity index is 893. The molecule has 0 aliphatic rings. The second kappa shape index (κ2) is 9.03. The minimum atomic E-state index is 0.251. The molecule has 26 heavy (non-hydrogen) atoms. The zero-order valence-corrected chi connectivity index (χ0v) is 15.1. The predicted molar refractivity (Wildman–Crippen MR) is 106 cm³/mol. The van der Waals surface area contributed by atoms with Gasteiger partial charge in [-0.1, -0.05) is 54.6 Å². The molecule has 3 heteroatoms. The number of nitrogens with one attached hydrogen (secondary N) is 1. The van der Waals surface area contributed by atoms with Crippen LogP contribution in [-0.2, 0) is 6.54 Å². The Balaban J connectivity index is 1.62. The highest BCUT2D eigenvalue weighted by atomic mass is 16.5. The van der Waals surface area contributed by atoms with Crippen molar-refractivity contribution in [3.8, 4) is 11.8 Å². The molecule has 0 aliphatic heterocycles. The Morgan fingerprint density at radius 1 is 1.04 bits per heavy atom. The first-order valence-electron chi connectivity index (χ1n) is 9.07. The Morgan fingerprint density at radius 2 is 1.85 bits per heavy atom. The maximum absolute atomic E-state index is 8.58. The molecule has 0 radical (unpaired) electrons. The smallest absolute Gasteiger partial charge is 0.119 e. The number of rotatable bonds is 8. The first-order valence-corrected chi connectivity index (χ1v) is 9.07. The van der Waals surface area contributed by atoms with Crippen molar-refractivity contribution in [2.45, 2.75) is 32.4 Å². The van der Waals surface area contributed by atoms with E-state index >= 15 is 0 Å². The van der Waals surface area contributed by atoms with Crippen LogP contribution < -0.4 is 10.1 Å². The molecule has 3 nitrogen and oxygen atoms in total. The summed E-state index contributed by atoms with van der Waals surface area (Å²) in [5.74, 6) is 0.861. The quantitative estimate of drug-likeness (QED) is 0.559. The molecule has 3 rings (SSSR count). The van der Waals surface area contributed by atoms with Gasteiger partial charge >= 0.3 is 0 Å². The monoisotopic (exact) mass is 344 g/mol. The number of fused-ring (bicyclic) bond motifs is 1. The first kappa shape index (κ1) is 18.0. The largest absolute Gasteiger partial charge is 0.494 e. The lowest BCUT2D eigenvalue weighted by Crippen LogP contribution is -2.18. The molecule has 0 amide bonds. The van der Waals surface area contributed by atoms with Crippen molar-refractivity contribution in [3.63, 3.8) is 0 Å². The van der Waals surface area contributed by atoms with Gasteiger partial charge in [0.2, 0.25) is 0 Å². The van der Waals surface area contributed by atoms with Gasteiger partial charge < -0.3 is 10.1 Å². The van der Waals surface area contributed by atoms with Gasteiger partial charge in [0.1, 0.15) is 5.75 Å². The van der Waals surface area contributed by atoms with Crippen molar-refractivity contribution in [2.75, 3.05) is 6.61 Å². The molecule has 1 atom stereocenters. The van der Waals surface area contributed by atoms with Gasteiger partial charge in [-0.05, 0) is 47.4 Å². The second-order valence-corrected chi connectivity index (χ2v) is 6.43. The highest BCUT2D eigenvalue weighted by Gasteiger charge is 2.09. The van der Waals surface area contributed by atoms with Crippen molar-refractivity contribution in [3.05, 3.63) is 77.9 Å². The topological polar surface area (TPSA) is 45.0 Å². The maximum Gasteiger partial charge on any atom is 0.119 e. The van der Waals surface area contributed by atoms with Crippen molar-refractivity contribution < 1.29 is 4.74 Å². The van der Waals surface area contributed by atoms with E-state index in [0.29, 0.717) is 13.0 Å². The minimum absolute atomic E-state index is 0.251. The van der Waals surface area contributed by atoms with Crippen LogP contribution in [0.2, 0.25) is 0 Å². The number of ether oxygens (including phenoxy) is 1. The van der Waals surface area contributed by atoms with Crippen molar-refractivity contribution in [2.24, 2.45) is 0 Å². The molecule has 0 saturated heterocycles. The fraction of sp³-hybridized carbons (Fsp3) is 0.261. The summed E-state index contributed by atoms with van der Waals surface area (Å²) in [6.07, 6.45) is 1.29. The molecule has 0 spiro atoms. The molecule has 3 aromatic carbocycles. The van der Waals surface area contributed by atoms with Crippen LogP contribution in [0, 0.1) is 11.3 Å². The average molecular weight is 344 g/mol. The molecule has 1 N–H and O–H groups in total.